The fourth-order valence-electron chi connectivity index (χ4n) is 0.486. The first kappa shape index (κ1) is 8.56. The van der Waals surface area contributed by atoms with Crippen molar-refractivity contribution >= 4 is 18.0 Å². The molecule has 0 saturated carbocycles. The summed E-state index contributed by atoms with van der Waals surface area (Å²) in [5.74, 6) is 0. The first-order valence-corrected chi connectivity index (χ1v) is 3.07. The van der Waals surface area contributed by atoms with Crippen LogP contribution in [-0.2, 0) is 4.29 Å². The van der Waals surface area contributed by atoms with Crippen LogP contribution in [0.25, 0.3) is 0 Å². The molecule has 0 aliphatic carbocycles. The van der Waals surface area contributed by atoms with E-state index in [9.17, 15) is 4.79 Å². The molecule has 0 atom stereocenters. The van der Waals surface area contributed by atoms with Gasteiger partial charge in [-0.2, -0.15) is 0 Å². The van der Waals surface area contributed by atoms with Gasteiger partial charge in [0.15, 0.2) is 0 Å². The maximum atomic E-state index is 10.5. The van der Waals surface area contributed by atoms with Crippen molar-refractivity contribution in [2.24, 2.45) is 0 Å². The second-order valence-corrected chi connectivity index (χ2v) is 1.92. The molecule has 0 bridgehead atoms. The van der Waals surface area contributed by atoms with Crippen LogP contribution in [0.4, 0.5) is 4.79 Å². The molecule has 0 aromatic heterocycles. The second kappa shape index (κ2) is 4.44. The van der Waals surface area contributed by atoms with Gasteiger partial charge >= 0.3 is 6.09 Å². The van der Waals surface area contributed by atoms with Crippen molar-refractivity contribution in [2.45, 2.75) is 13.3 Å². The summed E-state index contributed by atoms with van der Waals surface area (Å²) in [6.45, 7) is 2.64. The summed E-state index contributed by atoms with van der Waals surface area (Å²) < 4.78 is 3.92. The maximum absolute atomic E-state index is 10.5. The first-order valence-electron chi connectivity index (χ1n) is 2.76. The van der Waals surface area contributed by atoms with Gasteiger partial charge in [0.25, 0.3) is 0 Å². The Bertz CT molecular complexity index is 97.0. The van der Waals surface area contributed by atoms with E-state index in [0.717, 1.165) is 6.42 Å². The second-order valence-electron chi connectivity index (χ2n) is 1.76. The van der Waals surface area contributed by atoms with Crippen molar-refractivity contribution in [1.29, 1.82) is 0 Å². The molecule has 0 rings (SSSR count). The van der Waals surface area contributed by atoms with E-state index in [2.05, 4.69) is 4.29 Å². The number of amides is 1. The van der Waals surface area contributed by atoms with Gasteiger partial charge in [0.1, 0.15) is 11.9 Å². The van der Waals surface area contributed by atoms with E-state index in [-0.39, 0.29) is 0 Å². The quantitative estimate of drug-likeness (QED) is 0.600. The van der Waals surface area contributed by atoms with Crippen LogP contribution in [0.5, 0.6) is 0 Å². The standard InChI is InChI=1S/C5H10ClNO2/c1-3-4-7(2)5(8)9-6/h3-4H2,1-2H3. The lowest BCUT2D eigenvalue weighted by molar-refractivity contribution is 0.167. The van der Waals surface area contributed by atoms with Crippen LogP contribution >= 0.6 is 11.9 Å². The Hall–Kier alpha value is -0.440. The molecule has 1 amide bonds. The van der Waals surface area contributed by atoms with Gasteiger partial charge in [0, 0.05) is 13.6 Å². The number of hydrogen-bond donors (Lipinski definition) is 0. The molecule has 54 valence electrons. The third kappa shape index (κ3) is 3.19. The van der Waals surface area contributed by atoms with Gasteiger partial charge in [-0.25, -0.2) is 4.79 Å². The van der Waals surface area contributed by atoms with Crippen LogP contribution in [0, 0.1) is 0 Å². The average Bonchev–Trinajstić information content (AvgIpc) is 1.87. The monoisotopic (exact) mass is 151 g/mol. The van der Waals surface area contributed by atoms with Gasteiger partial charge in [-0.3, -0.25) is 0 Å². The largest absolute Gasteiger partial charge is 0.427 e. The summed E-state index contributed by atoms with van der Waals surface area (Å²) in [4.78, 5) is 11.9. The Morgan fingerprint density at radius 3 is 2.67 bits per heavy atom. The Morgan fingerprint density at radius 2 is 2.33 bits per heavy atom. The Balaban J connectivity index is 3.45. The van der Waals surface area contributed by atoms with Crippen molar-refractivity contribution in [2.75, 3.05) is 13.6 Å². The lowest BCUT2D eigenvalue weighted by Crippen LogP contribution is -2.25. The molecule has 0 aliphatic rings. The van der Waals surface area contributed by atoms with Gasteiger partial charge < -0.3 is 9.19 Å². The van der Waals surface area contributed by atoms with Crippen LogP contribution < -0.4 is 0 Å². The number of carbonyl (C=O) groups excluding carboxylic acids is 1. The number of halogens is 1. The minimum absolute atomic E-state index is 0.501. The molecular weight excluding hydrogens is 142 g/mol. The van der Waals surface area contributed by atoms with Crippen molar-refractivity contribution in [1.82, 2.24) is 4.90 Å². The molecule has 0 aromatic rings. The topological polar surface area (TPSA) is 29.5 Å². The molecule has 4 heteroatoms. The summed E-state index contributed by atoms with van der Waals surface area (Å²) in [6, 6.07) is 0. The molecule has 0 N–H and O–H groups in total. The Kier molecular flexibility index (Phi) is 4.22. The van der Waals surface area contributed by atoms with Crippen molar-refractivity contribution in [3.05, 3.63) is 0 Å². The fourth-order valence-corrected chi connectivity index (χ4v) is 0.603. The van der Waals surface area contributed by atoms with Crippen molar-refractivity contribution in [3.8, 4) is 0 Å². The van der Waals surface area contributed by atoms with Gasteiger partial charge in [-0.1, -0.05) is 6.92 Å². The molecule has 0 spiro atoms. The zero-order valence-corrected chi connectivity index (χ0v) is 6.31. The maximum Gasteiger partial charge on any atom is 0.427 e. The van der Waals surface area contributed by atoms with Gasteiger partial charge in [0.05, 0.1) is 0 Å². The van der Waals surface area contributed by atoms with Crippen LogP contribution in [-0.4, -0.2) is 24.6 Å². The zero-order chi connectivity index (χ0) is 7.28. The van der Waals surface area contributed by atoms with E-state index in [4.69, 9.17) is 11.9 Å². The SMILES string of the molecule is CCCN(C)C(=O)OCl. The van der Waals surface area contributed by atoms with Gasteiger partial charge in [-0.15, -0.1) is 0 Å². The minimum atomic E-state index is -0.501. The van der Waals surface area contributed by atoms with Gasteiger partial charge in [-0.05, 0) is 6.42 Å². The Labute approximate surface area is 59.7 Å². The fraction of sp³-hybridized carbons (Fsp3) is 0.800. The van der Waals surface area contributed by atoms with E-state index in [1.165, 1.54) is 4.90 Å². The molecule has 0 aliphatic heterocycles. The summed E-state index contributed by atoms with van der Waals surface area (Å²) >= 11 is 4.79. The smallest absolute Gasteiger partial charge is 0.330 e. The lowest BCUT2D eigenvalue weighted by atomic mass is 10.5. The number of rotatable bonds is 2. The number of hydrogen-bond acceptors (Lipinski definition) is 2. The zero-order valence-electron chi connectivity index (χ0n) is 5.56. The molecule has 0 heterocycles. The Morgan fingerprint density at radius 1 is 1.78 bits per heavy atom. The lowest BCUT2D eigenvalue weighted by Gasteiger charge is -2.11. The minimum Gasteiger partial charge on any atom is -0.330 e. The van der Waals surface area contributed by atoms with E-state index in [1.807, 2.05) is 6.92 Å². The van der Waals surface area contributed by atoms with E-state index >= 15 is 0 Å². The van der Waals surface area contributed by atoms with E-state index < -0.39 is 6.09 Å². The van der Waals surface area contributed by atoms with E-state index in [1.54, 1.807) is 7.05 Å². The van der Waals surface area contributed by atoms with Crippen LogP contribution in [0.1, 0.15) is 13.3 Å². The van der Waals surface area contributed by atoms with Crippen LogP contribution in [0.2, 0.25) is 0 Å². The summed E-state index contributed by atoms with van der Waals surface area (Å²) in [5.41, 5.74) is 0. The van der Waals surface area contributed by atoms with Crippen LogP contribution in [0.3, 0.4) is 0 Å². The number of nitrogens with zero attached hydrogens (tertiary/aromatic N) is 1. The molecule has 0 radical (unpaired) electrons. The average molecular weight is 152 g/mol. The summed E-state index contributed by atoms with van der Waals surface area (Å²) in [6.07, 6.45) is 0.404. The van der Waals surface area contributed by atoms with Crippen molar-refractivity contribution < 1.29 is 9.08 Å². The molecule has 0 unspecified atom stereocenters. The van der Waals surface area contributed by atoms with E-state index in [0.29, 0.717) is 6.54 Å². The van der Waals surface area contributed by atoms with Crippen molar-refractivity contribution in [3.63, 3.8) is 0 Å². The molecule has 0 fully saturated rings. The highest BCUT2D eigenvalue weighted by Gasteiger charge is 2.05. The summed E-state index contributed by atoms with van der Waals surface area (Å²) in [7, 11) is 1.63. The highest BCUT2D eigenvalue weighted by atomic mass is 35.5. The molecule has 9 heavy (non-hydrogen) atoms. The third-order valence-electron chi connectivity index (χ3n) is 0.937. The number of carbonyl (C=O) groups is 1. The summed E-state index contributed by atoms with van der Waals surface area (Å²) in [5, 5.41) is 0. The van der Waals surface area contributed by atoms with Crippen LogP contribution in [0.15, 0.2) is 0 Å². The first-order chi connectivity index (χ1) is 4.22. The molecule has 3 nitrogen and oxygen atoms in total. The highest BCUT2D eigenvalue weighted by Crippen LogP contribution is 1.93. The molecular formula is C5H10ClNO2. The molecule has 0 saturated heterocycles. The molecule has 0 aromatic carbocycles. The highest BCUT2D eigenvalue weighted by molar-refractivity contribution is 6.12. The normalized spacial score (nSPS) is 8.78. The predicted molar refractivity (Wildman–Crippen MR) is 35.3 cm³/mol. The van der Waals surface area contributed by atoms with Gasteiger partial charge in [0.2, 0.25) is 0 Å². The third-order valence-corrected chi connectivity index (χ3v) is 1.07. The predicted octanol–water partition coefficient (Wildman–Crippen LogP) is 1.62.